The van der Waals surface area contributed by atoms with Gasteiger partial charge in [-0.05, 0) is 49.7 Å². The van der Waals surface area contributed by atoms with Gasteiger partial charge >= 0.3 is 5.97 Å². The fourth-order valence-electron chi connectivity index (χ4n) is 2.94. The molecule has 1 fully saturated rings. The van der Waals surface area contributed by atoms with Crippen LogP contribution < -0.4 is 10.1 Å². The molecule has 0 unspecified atom stereocenters. The third-order valence-electron chi connectivity index (χ3n) is 4.33. The molecule has 1 aliphatic heterocycles. The minimum atomic E-state index is -0.693. The van der Waals surface area contributed by atoms with E-state index in [1.807, 2.05) is 12.1 Å². The van der Waals surface area contributed by atoms with Crippen LogP contribution in [-0.4, -0.2) is 31.2 Å². The van der Waals surface area contributed by atoms with Crippen LogP contribution in [0.25, 0.3) is 0 Å². The van der Waals surface area contributed by atoms with Crippen LogP contribution in [0.3, 0.4) is 0 Å². The molecule has 0 radical (unpaired) electrons. The number of rotatable bonds is 5. The Kier molecular flexibility index (Phi) is 5.60. The minimum absolute atomic E-state index is 0.0859. The van der Waals surface area contributed by atoms with Crippen LogP contribution in [0, 0.1) is 5.82 Å². The lowest BCUT2D eigenvalue weighted by atomic mass is 9.94. The van der Waals surface area contributed by atoms with Crippen LogP contribution in [0.1, 0.15) is 40.4 Å². The maximum atomic E-state index is 13.9. The van der Waals surface area contributed by atoms with Crippen molar-refractivity contribution in [3.8, 4) is 5.88 Å². The summed E-state index contributed by atoms with van der Waals surface area (Å²) >= 11 is 0. The minimum Gasteiger partial charge on any atom is -0.473 e. The number of benzene rings is 1. The van der Waals surface area contributed by atoms with Gasteiger partial charge in [-0.25, -0.2) is 14.2 Å². The van der Waals surface area contributed by atoms with Crippen molar-refractivity contribution in [3.05, 3.63) is 59.0 Å². The predicted octanol–water partition coefficient (Wildman–Crippen LogP) is 3.05. The first-order valence-corrected chi connectivity index (χ1v) is 8.34. The number of hydrogen-bond donors (Lipinski definition) is 1. The van der Waals surface area contributed by atoms with Gasteiger partial charge in [-0.2, -0.15) is 0 Å². The highest BCUT2D eigenvalue weighted by molar-refractivity contribution is 5.89. The Morgan fingerprint density at radius 2 is 2.08 bits per heavy atom. The molecular weight excluding hydrogens is 323 g/mol. The van der Waals surface area contributed by atoms with E-state index >= 15 is 0 Å². The molecule has 5 nitrogen and oxygen atoms in total. The summed E-state index contributed by atoms with van der Waals surface area (Å²) in [6, 6.07) is 10.1. The Labute approximate surface area is 146 Å². The number of nitrogens with zero attached hydrogens (tertiary/aromatic N) is 1. The number of esters is 1. The third kappa shape index (κ3) is 4.33. The summed E-state index contributed by atoms with van der Waals surface area (Å²) in [6.07, 6.45) is 2.13. The molecule has 1 aromatic heterocycles. The third-order valence-corrected chi connectivity index (χ3v) is 4.33. The van der Waals surface area contributed by atoms with Crippen LogP contribution >= 0.6 is 0 Å². The average Bonchev–Trinajstić information content (AvgIpc) is 2.67. The first-order valence-electron chi connectivity index (χ1n) is 8.34. The summed E-state index contributed by atoms with van der Waals surface area (Å²) in [5.41, 5.74) is 1.57. The monoisotopic (exact) mass is 344 g/mol. The van der Waals surface area contributed by atoms with Crippen molar-refractivity contribution in [2.75, 3.05) is 20.2 Å². The van der Waals surface area contributed by atoms with Crippen molar-refractivity contribution in [3.63, 3.8) is 0 Å². The second-order valence-corrected chi connectivity index (χ2v) is 6.02. The fourth-order valence-corrected chi connectivity index (χ4v) is 2.94. The molecule has 1 aliphatic rings. The summed E-state index contributed by atoms with van der Waals surface area (Å²) in [7, 11) is 1.22. The van der Waals surface area contributed by atoms with Crippen molar-refractivity contribution < 1.29 is 18.7 Å². The van der Waals surface area contributed by atoms with Crippen LogP contribution in [0.15, 0.2) is 36.4 Å². The molecule has 0 aliphatic carbocycles. The second kappa shape index (κ2) is 8.07. The molecule has 3 rings (SSSR count). The van der Waals surface area contributed by atoms with Gasteiger partial charge in [0.1, 0.15) is 12.4 Å². The topological polar surface area (TPSA) is 60.5 Å². The molecule has 2 aromatic rings. The van der Waals surface area contributed by atoms with Gasteiger partial charge in [-0.1, -0.05) is 12.1 Å². The van der Waals surface area contributed by atoms with Crippen molar-refractivity contribution in [2.45, 2.75) is 25.4 Å². The largest absolute Gasteiger partial charge is 0.473 e. The average molecular weight is 344 g/mol. The highest BCUT2D eigenvalue weighted by Crippen LogP contribution is 2.25. The Hall–Kier alpha value is -2.47. The lowest BCUT2D eigenvalue weighted by molar-refractivity contribution is 0.0595. The van der Waals surface area contributed by atoms with Gasteiger partial charge in [0.15, 0.2) is 0 Å². The first-order chi connectivity index (χ1) is 12.2. The molecule has 1 aromatic carbocycles. The Balaban J connectivity index is 1.65. The highest BCUT2D eigenvalue weighted by Gasteiger charge is 2.17. The van der Waals surface area contributed by atoms with Crippen molar-refractivity contribution in [1.29, 1.82) is 0 Å². The van der Waals surface area contributed by atoms with Crippen LogP contribution in [0.5, 0.6) is 5.88 Å². The van der Waals surface area contributed by atoms with Crippen molar-refractivity contribution in [1.82, 2.24) is 10.3 Å². The molecule has 0 saturated carbocycles. The van der Waals surface area contributed by atoms with Gasteiger partial charge in [-0.3, -0.25) is 0 Å². The quantitative estimate of drug-likeness (QED) is 0.845. The van der Waals surface area contributed by atoms with Gasteiger partial charge < -0.3 is 14.8 Å². The molecular formula is C19H21FN2O3. The van der Waals surface area contributed by atoms with Gasteiger partial charge in [0.25, 0.3) is 0 Å². The second-order valence-electron chi connectivity index (χ2n) is 6.02. The maximum absolute atomic E-state index is 13.9. The molecule has 2 heterocycles. The number of nitrogens with one attached hydrogen (secondary N) is 1. The molecule has 1 N–H and O–H groups in total. The number of carbonyl (C=O) groups excluding carboxylic acids is 1. The zero-order valence-electron chi connectivity index (χ0n) is 14.1. The summed E-state index contributed by atoms with van der Waals surface area (Å²) < 4.78 is 24.2. The number of hydrogen-bond acceptors (Lipinski definition) is 5. The zero-order chi connectivity index (χ0) is 17.6. The number of halogens is 1. The molecule has 0 spiro atoms. The Morgan fingerprint density at radius 3 is 2.80 bits per heavy atom. The van der Waals surface area contributed by atoms with E-state index in [1.165, 1.54) is 19.2 Å². The lowest BCUT2D eigenvalue weighted by Crippen LogP contribution is -2.27. The summed E-state index contributed by atoms with van der Waals surface area (Å²) in [6.45, 7) is 2.19. The molecule has 25 heavy (non-hydrogen) atoms. The van der Waals surface area contributed by atoms with Crippen molar-refractivity contribution in [2.24, 2.45) is 0 Å². The number of pyridine rings is 1. The SMILES string of the molecule is COC(=O)c1ccc(COc2cccc(C3CCNCC3)n2)cc1F. The van der Waals surface area contributed by atoms with Gasteiger partial charge in [0.05, 0.1) is 12.7 Å². The number of carbonyl (C=O) groups is 1. The summed E-state index contributed by atoms with van der Waals surface area (Å²) in [4.78, 5) is 16.0. The Morgan fingerprint density at radius 1 is 1.28 bits per heavy atom. The number of piperidine rings is 1. The van der Waals surface area contributed by atoms with E-state index in [1.54, 1.807) is 12.1 Å². The van der Waals surface area contributed by atoms with E-state index in [0.717, 1.165) is 31.6 Å². The summed E-state index contributed by atoms with van der Waals surface area (Å²) in [5.74, 6) is -0.347. The normalized spacial score (nSPS) is 15.0. The molecule has 0 atom stereocenters. The predicted molar refractivity (Wildman–Crippen MR) is 91.2 cm³/mol. The molecule has 132 valence electrons. The Bertz CT molecular complexity index is 745. The van der Waals surface area contributed by atoms with Gasteiger partial charge in [-0.15, -0.1) is 0 Å². The number of aromatic nitrogens is 1. The molecule has 0 amide bonds. The van der Waals surface area contributed by atoms with Crippen LogP contribution in [0.4, 0.5) is 4.39 Å². The van der Waals surface area contributed by atoms with Crippen LogP contribution in [0.2, 0.25) is 0 Å². The van der Waals surface area contributed by atoms with E-state index < -0.39 is 11.8 Å². The van der Waals surface area contributed by atoms with E-state index in [0.29, 0.717) is 17.4 Å². The maximum Gasteiger partial charge on any atom is 0.340 e. The molecule has 6 heteroatoms. The number of ether oxygens (including phenoxy) is 2. The van der Waals surface area contributed by atoms with Gasteiger partial charge in [0.2, 0.25) is 5.88 Å². The van der Waals surface area contributed by atoms with E-state index in [-0.39, 0.29) is 12.2 Å². The van der Waals surface area contributed by atoms with E-state index in [9.17, 15) is 9.18 Å². The smallest absolute Gasteiger partial charge is 0.340 e. The van der Waals surface area contributed by atoms with Gasteiger partial charge in [0, 0.05) is 17.7 Å². The highest BCUT2D eigenvalue weighted by atomic mass is 19.1. The lowest BCUT2D eigenvalue weighted by Gasteiger charge is -2.22. The molecule has 0 bridgehead atoms. The van der Waals surface area contributed by atoms with Crippen molar-refractivity contribution >= 4 is 5.97 Å². The first kappa shape index (κ1) is 17.4. The van der Waals surface area contributed by atoms with E-state index in [4.69, 9.17) is 4.74 Å². The molecule has 1 saturated heterocycles. The summed E-state index contributed by atoms with van der Waals surface area (Å²) in [5, 5.41) is 3.34. The zero-order valence-corrected chi connectivity index (χ0v) is 14.1. The van der Waals surface area contributed by atoms with Crippen LogP contribution in [-0.2, 0) is 11.3 Å². The fraction of sp³-hybridized carbons (Fsp3) is 0.368. The standard InChI is InChI=1S/C19H21FN2O3/c1-24-19(23)15-6-5-13(11-16(15)20)12-25-18-4-2-3-17(22-18)14-7-9-21-10-8-14/h2-6,11,14,21H,7-10,12H2,1H3. The van der Waals surface area contributed by atoms with E-state index in [2.05, 4.69) is 15.0 Å². The number of methoxy groups -OCH3 is 1.